The van der Waals surface area contributed by atoms with E-state index in [4.69, 9.17) is 4.74 Å². The lowest BCUT2D eigenvalue weighted by Crippen LogP contribution is -2.22. The Morgan fingerprint density at radius 1 is 1.14 bits per heavy atom. The van der Waals surface area contributed by atoms with Gasteiger partial charge in [0.15, 0.2) is 6.61 Å². The summed E-state index contributed by atoms with van der Waals surface area (Å²) in [6, 6.07) is 10.5. The molecule has 0 atom stereocenters. The van der Waals surface area contributed by atoms with E-state index < -0.39 is 30.1 Å². The molecule has 1 aromatic heterocycles. The van der Waals surface area contributed by atoms with E-state index in [0.29, 0.717) is 5.69 Å². The Morgan fingerprint density at radius 2 is 1.89 bits per heavy atom. The molecule has 1 N–H and O–H groups in total. The number of rotatable bonds is 6. The monoisotopic (exact) mass is 402 g/mol. The number of esters is 1. The van der Waals surface area contributed by atoms with E-state index in [1.54, 1.807) is 5.38 Å². The predicted octanol–water partition coefficient (Wildman–Crippen LogP) is 4.12. The fraction of sp³-hybridized carbons (Fsp3) is 0.150. The second kappa shape index (κ2) is 8.71. The van der Waals surface area contributed by atoms with Gasteiger partial charge in [-0.3, -0.25) is 9.59 Å². The third kappa shape index (κ3) is 5.20. The molecule has 2 aromatic carbocycles. The van der Waals surface area contributed by atoms with E-state index in [0.717, 1.165) is 34.3 Å². The summed E-state index contributed by atoms with van der Waals surface area (Å²) in [5, 5.41) is 4.68. The van der Waals surface area contributed by atoms with Crippen LogP contribution in [0.5, 0.6) is 0 Å². The highest BCUT2D eigenvalue weighted by atomic mass is 32.1. The van der Waals surface area contributed by atoms with E-state index in [9.17, 15) is 18.4 Å². The number of amides is 1. The lowest BCUT2D eigenvalue weighted by atomic mass is 10.2. The minimum absolute atomic E-state index is 0.0933. The average molecular weight is 402 g/mol. The lowest BCUT2D eigenvalue weighted by molar-refractivity contribution is -0.146. The quantitative estimate of drug-likeness (QED) is 0.630. The number of aryl methyl sites for hydroxylation is 1. The lowest BCUT2D eigenvalue weighted by Gasteiger charge is -2.07. The smallest absolute Gasteiger partial charge is 0.312 e. The molecule has 0 fully saturated rings. The minimum Gasteiger partial charge on any atom is -0.455 e. The number of benzene rings is 2. The maximum Gasteiger partial charge on any atom is 0.312 e. The zero-order chi connectivity index (χ0) is 20.1. The van der Waals surface area contributed by atoms with Gasteiger partial charge in [0.1, 0.15) is 16.6 Å². The van der Waals surface area contributed by atoms with Crippen LogP contribution in [0, 0.1) is 18.6 Å². The van der Waals surface area contributed by atoms with Crippen molar-refractivity contribution in [3.8, 4) is 10.6 Å². The molecule has 0 aliphatic carbocycles. The summed E-state index contributed by atoms with van der Waals surface area (Å²) in [5.74, 6) is -2.89. The molecular formula is C20H16F2N2O3S. The molecule has 0 spiro atoms. The van der Waals surface area contributed by atoms with Crippen LogP contribution in [0.4, 0.5) is 14.5 Å². The molecule has 3 rings (SSSR count). The Balaban J connectivity index is 1.51. The van der Waals surface area contributed by atoms with Crippen LogP contribution in [0.2, 0.25) is 0 Å². The Hall–Kier alpha value is -3.13. The fourth-order valence-electron chi connectivity index (χ4n) is 2.34. The van der Waals surface area contributed by atoms with Gasteiger partial charge < -0.3 is 10.1 Å². The Kier molecular flexibility index (Phi) is 6.10. The highest BCUT2D eigenvalue weighted by molar-refractivity contribution is 7.13. The highest BCUT2D eigenvalue weighted by Gasteiger charge is 2.13. The number of ether oxygens (including phenoxy) is 1. The number of nitrogens with one attached hydrogen (secondary N) is 1. The molecule has 1 amide bonds. The molecule has 1 heterocycles. The molecule has 8 heteroatoms. The molecular weight excluding hydrogens is 386 g/mol. The molecule has 0 aliphatic rings. The molecule has 0 unspecified atom stereocenters. The molecule has 5 nitrogen and oxygen atoms in total. The number of thiazole rings is 1. The van der Waals surface area contributed by atoms with Crippen molar-refractivity contribution in [1.82, 2.24) is 4.98 Å². The normalized spacial score (nSPS) is 10.5. The Bertz CT molecular complexity index is 1000. The highest BCUT2D eigenvalue weighted by Crippen LogP contribution is 2.24. The van der Waals surface area contributed by atoms with E-state index in [-0.39, 0.29) is 12.1 Å². The zero-order valence-corrected chi connectivity index (χ0v) is 15.7. The van der Waals surface area contributed by atoms with Gasteiger partial charge in [-0.15, -0.1) is 11.3 Å². The van der Waals surface area contributed by atoms with Crippen molar-refractivity contribution in [2.24, 2.45) is 0 Å². The second-order valence-corrected chi connectivity index (χ2v) is 6.88. The summed E-state index contributed by atoms with van der Waals surface area (Å²) < 4.78 is 31.5. The van der Waals surface area contributed by atoms with Gasteiger partial charge in [0.05, 0.1) is 17.8 Å². The van der Waals surface area contributed by atoms with Crippen molar-refractivity contribution in [1.29, 1.82) is 0 Å². The molecule has 0 radical (unpaired) electrons. The third-order valence-corrected chi connectivity index (χ3v) is 4.68. The molecule has 28 heavy (non-hydrogen) atoms. The first-order valence-electron chi connectivity index (χ1n) is 8.32. The second-order valence-electron chi connectivity index (χ2n) is 6.02. The van der Waals surface area contributed by atoms with Crippen LogP contribution in [0.1, 0.15) is 11.3 Å². The average Bonchev–Trinajstić information content (AvgIpc) is 3.12. The maximum absolute atomic E-state index is 13.5. The third-order valence-electron chi connectivity index (χ3n) is 3.74. The van der Waals surface area contributed by atoms with Crippen LogP contribution < -0.4 is 5.32 Å². The van der Waals surface area contributed by atoms with Gasteiger partial charge in [0, 0.05) is 17.0 Å². The van der Waals surface area contributed by atoms with Crippen LogP contribution in [-0.2, 0) is 20.7 Å². The number of hydrogen-bond donors (Lipinski definition) is 1. The molecule has 3 aromatic rings. The van der Waals surface area contributed by atoms with Gasteiger partial charge in [-0.25, -0.2) is 13.8 Å². The number of nitrogens with zero attached hydrogens (tertiary/aromatic N) is 1. The van der Waals surface area contributed by atoms with Crippen LogP contribution >= 0.6 is 11.3 Å². The van der Waals surface area contributed by atoms with E-state index >= 15 is 0 Å². The van der Waals surface area contributed by atoms with Crippen molar-refractivity contribution in [2.45, 2.75) is 13.3 Å². The number of carbonyl (C=O) groups is 2. The Labute approximate surface area is 164 Å². The number of halogens is 2. The van der Waals surface area contributed by atoms with Gasteiger partial charge in [-0.2, -0.15) is 0 Å². The summed E-state index contributed by atoms with van der Waals surface area (Å²) in [5.41, 5.74) is 2.30. The largest absolute Gasteiger partial charge is 0.455 e. The first-order valence-corrected chi connectivity index (χ1v) is 9.20. The fourth-order valence-corrected chi connectivity index (χ4v) is 3.17. The van der Waals surface area contributed by atoms with Gasteiger partial charge >= 0.3 is 5.97 Å². The first-order chi connectivity index (χ1) is 13.4. The minimum atomic E-state index is -0.785. The molecule has 0 aliphatic heterocycles. The van der Waals surface area contributed by atoms with Crippen LogP contribution in [0.25, 0.3) is 10.6 Å². The summed E-state index contributed by atoms with van der Waals surface area (Å²) in [6.07, 6.45) is -0.0933. The van der Waals surface area contributed by atoms with Crippen LogP contribution in [0.3, 0.4) is 0 Å². The zero-order valence-electron chi connectivity index (χ0n) is 14.9. The van der Waals surface area contributed by atoms with Crippen molar-refractivity contribution in [3.63, 3.8) is 0 Å². The van der Waals surface area contributed by atoms with Crippen molar-refractivity contribution < 1.29 is 23.1 Å². The van der Waals surface area contributed by atoms with E-state index in [1.165, 1.54) is 11.3 Å². The molecule has 0 saturated heterocycles. The summed E-state index contributed by atoms with van der Waals surface area (Å²) >= 11 is 1.40. The van der Waals surface area contributed by atoms with Gasteiger partial charge in [-0.1, -0.05) is 29.8 Å². The van der Waals surface area contributed by atoms with Crippen LogP contribution in [0.15, 0.2) is 47.8 Å². The molecule has 0 saturated carbocycles. The standard InChI is InChI=1S/C20H16F2N2O3S/c1-12-2-4-13(5-3-12)20-23-15(11-28-20)9-19(26)27-10-18(25)24-17-8-14(21)6-7-16(17)22/h2-8,11H,9-10H2,1H3,(H,24,25). The number of aromatic nitrogens is 1. The van der Waals surface area contributed by atoms with Crippen molar-refractivity contribution >= 4 is 28.9 Å². The van der Waals surface area contributed by atoms with Gasteiger partial charge in [0.2, 0.25) is 0 Å². The first kappa shape index (κ1) is 19.6. The topological polar surface area (TPSA) is 68.3 Å². The molecule has 0 bridgehead atoms. The van der Waals surface area contributed by atoms with Crippen LogP contribution in [-0.4, -0.2) is 23.5 Å². The van der Waals surface area contributed by atoms with Gasteiger partial charge in [-0.05, 0) is 19.1 Å². The maximum atomic E-state index is 13.5. The number of hydrogen-bond acceptors (Lipinski definition) is 5. The number of carbonyl (C=O) groups excluding carboxylic acids is 2. The molecule has 144 valence electrons. The Morgan fingerprint density at radius 3 is 2.64 bits per heavy atom. The van der Waals surface area contributed by atoms with E-state index in [1.807, 2.05) is 31.2 Å². The van der Waals surface area contributed by atoms with Gasteiger partial charge in [0.25, 0.3) is 5.91 Å². The predicted molar refractivity (Wildman–Crippen MR) is 102 cm³/mol. The van der Waals surface area contributed by atoms with Crippen molar-refractivity contribution in [2.75, 3.05) is 11.9 Å². The van der Waals surface area contributed by atoms with Crippen molar-refractivity contribution in [3.05, 3.63) is 70.7 Å². The summed E-state index contributed by atoms with van der Waals surface area (Å²) in [7, 11) is 0. The number of anilines is 1. The van der Waals surface area contributed by atoms with E-state index in [2.05, 4.69) is 10.3 Å². The summed E-state index contributed by atoms with van der Waals surface area (Å²) in [4.78, 5) is 28.1. The summed E-state index contributed by atoms with van der Waals surface area (Å²) in [6.45, 7) is 1.38. The SMILES string of the molecule is Cc1ccc(-c2nc(CC(=O)OCC(=O)Nc3cc(F)ccc3F)cs2)cc1.